The van der Waals surface area contributed by atoms with Gasteiger partial charge in [0, 0.05) is 17.5 Å². The van der Waals surface area contributed by atoms with E-state index in [0.29, 0.717) is 18.0 Å². The highest BCUT2D eigenvalue weighted by atomic mass is 15.3. The lowest BCUT2D eigenvalue weighted by Crippen LogP contribution is -2.39. The van der Waals surface area contributed by atoms with Crippen molar-refractivity contribution in [1.29, 1.82) is 0 Å². The molecule has 0 bridgehead atoms. The van der Waals surface area contributed by atoms with Crippen LogP contribution in [0.4, 0.5) is 0 Å². The molecule has 0 aromatic heterocycles. The lowest BCUT2D eigenvalue weighted by atomic mass is 9.64. The summed E-state index contributed by atoms with van der Waals surface area (Å²) in [6, 6.07) is 34.3. The number of rotatable bonds is 3. The first-order valence-corrected chi connectivity index (χ1v) is 11.4. The van der Waals surface area contributed by atoms with Gasteiger partial charge >= 0.3 is 0 Å². The molecule has 6 rings (SSSR count). The number of nitrogens with zero attached hydrogens (tertiary/aromatic N) is 2. The van der Waals surface area contributed by atoms with Crippen molar-refractivity contribution in [1.82, 2.24) is 4.90 Å². The maximum atomic E-state index is 5.32. The van der Waals surface area contributed by atoms with Crippen molar-refractivity contribution in [3.8, 4) is 0 Å². The summed E-state index contributed by atoms with van der Waals surface area (Å²) in [5.41, 5.74) is 4.21. The highest BCUT2D eigenvalue weighted by molar-refractivity contribution is 6.01. The molecule has 3 aromatic rings. The lowest BCUT2D eigenvalue weighted by Gasteiger charge is -2.37. The molecule has 3 aliphatic rings. The maximum Gasteiger partial charge on any atom is 0.131 e. The summed E-state index contributed by atoms with van der Waals surface area (Å²) in [5, 5.41) is 0. The van der Waals surface area contributed by atoms with Gasteiger partial charge in [0.05, 0.1) is 12.1 Å². The summed E-state index contributed by atoms with van der Waals surface area (Å²) >= 11 is 0. The number of hydrogen-bond donors (Lipinski definition) is 0. The molecule has 30 heavy (non-hydrogen) atoms. The SMILES string of the molecule is c1ccc(C2=N[C@@H]3CCCC[C@H]4[C@@H]3N2CC4(c2ccccc2)c2ccccc2)cc1. The molecule has 150 valence electrons. The van der Waals surface area contributed by atoms with Gasteiger partial charge in [0.2, 0.25) is 0 Å². The summed E-state index contributed by atoms with van der Waals surface area (Å²) < 4.78 is 0. The Labute approximate surface area is 179 Å². The van der Waals surface area contributed by atoms with Crippen molar-refractivity contribution < 1.29 is 0 Å². The third kappa shape index (κ3) is 2.59. The first kappa shape index (κ1) is 17.9. The minimum Gasteiger partial charge on any atom is -0.350 e. The van der Waals surface area contributed by atoms with Gasteiger partial charge < -0.3 is 4.90 Å². The molecule has 2 heterocycles. The molecule has 1 saturated heterocycles. The van der Waals surface area contributed by atoms with E-state index in [-0.39, 0.29) is 5.41 Å². The number of aliphatic imine (C=N–C) groups is 1. The minimum atomic E-state index is 0.0196. The van der Waals surface area contributed by atoms with Gasteiger partial charge in [-0.2, -0.15) is 0 Å². The van der Waals surface area contributed by atoms with Gasteiger partial charge in [-0.25, -0.2) is 0 Å². The smallest absolute Gasteiger partial charge is 0.131 e. The van der Waals surface area contributed by atoms with Crippen LogP contribution in [0.3, 0.4) is 0 Å². The zero-order chi connectivity index (χ0) is 20.0. The molecular weight excluding hydrogens is 364 g/mol. The molecule has 2 aliphatic heterocycles. The Morgan fingerprint density at radius 3 is 1.90 bits per heavy atom. The molecule has 0 N–H and O–H groups in total. The zero-order valence-electron chi connectivity index (χ0n) is 17.3. The average Bonchev–Trinajstić information content (AvgIpc) is 3.25. The quantitative estimate of drug-likeness (QED) is 0.560. The lowest BCUT2D eigenvalue weighted by molar-refractivity contribution is 0.294. The number of amidine groups is 1. The Morgan fingerprint density at radius 1 is 0.700 bits per heavy atom. The van der Waals surface area contributed by atoms with Crippen molar-refractivity contribution in [2.45, 2.75) is 43.2 Å². The number of benzene rings is 3. The van der Waals surface area contributed by atoms with Crippen molar-refractivity contribution >= 4 is 5.84 Å². The van der Waals surface area contributed by atoms with E-state index < -0.39 is 0 Å². The topological polar surface area (TPSA) is 15.6 Å². The zero-order valence-corrected chi connectivity index (χ0v) is 17.3. The van der Waals surface area contributed by atoms with E-state index in [1.54, 1.807) is 0 Å². The molecular formula is C28H28N2. The molecule has 0 radical (unpaired) electrons. The van der Waals surface area contributed by atoms with Crippen molar-refractivity contribution in [2.24, 2.45) is 10.9 Å². The predicted octanol–water partition coefficient (Wildman–Crippen LogP) is 5.68. The van der Waals surface area contributed by atoms with Gasteiger partial charge in [-0.15, -0.1) is 0 Å². The molecule has 2 heteroatoms. The van der Waals surface area contributed by atoms with E-state index in [4.69, 9.17) is 4.99 Å². The minimum absolute atomic E-state index is 0.0196. The first-order valence-electron chi connectivity index (χ1n) is 11.4. The fourth-order valence-corrected chi connectivity index (χ4v) is 6.45. The van der Waals surface area contributed by atoms with E-state index in [1.807, 2.05) is 0 Å². The molecule has 1 aliphatic carbocycles. The first-order chi connectivity index (χ1) is 14.9. The van der Waals surface area contributed by atoms with Gasteiger partial charge in [0.1, 0.15) is 5.84 Å². The standard InChI is InChI=1S/C28H28N2/c1-4-12-21(13-5-1)27-29-25-19-11-10-18-24-26(25)30(27)20-28(24,22-14-6-2-7-15-22)23-16-8-3-9-17-23/h1-9,12-17,24-26H,10-11,18-20H2/t24-,25+,26-/m0/s1. The van der Waals surface area contributed by atoms with Gasteiger partial charge in [0.25, 0.3) is 0 Å². The molecule has 3 atom stereocenters. The Balaban J connectivity index is 1.55. The monoisotopic (exact) mass is 392 g/mol. The van der Waals surface area contributed by atoms with Crippen LogP contribution in [0.1, 0.15) is 42.4 Å². The van der Waals surface area contributed by atoms with Crippen LogP contribution in [0, 0.1) is 5.92 Å². The third-order valence-electron chi connectivity index (χ3n) is 7.65. The van der Waals surface area contributed by atoms with Crippen molar-refractivity contribution in [3.05, 3.63) is 108 Å². The average molecular weight is 393 g/mol. The highest BCUT2D eigenvalue weighted by Crippen LogP contribution is 2.54. The van der Waals surface area contributed by atoms with Crippen LogP contribution in [-0.4, -0.2) is 29.4 Å². The molecule has 0 amide bonds. The van der Waals surface area contributed by atoms with Crippen LogP contribution in [0.5, 0.6) is 0 Å². The van der Waals surface area contributed by atoms with E-state index in [0.717, 1.165) is 6.54 Å². The molecule has 0 unspecified atom stereocenters. The largest absolute Gasteiger partial charge is 0.350 e. The third-order valence-corrected chi connectivity index (χ3v) is 7.65. The highest BCUT2D eigenvalue weighted by Gasteiger charge is 2.59. The molecule has 3 aromatic carbocycles. The predicted molar refractivity (Wildman–Crippen MR) is 123 cm³/mol. The summed E-state index contributed by atoms with van der Waals surface area (Å²) in [6.07, 6.45) is 5.09. The number of hydrogen-bond acceptors (Lipinski definition) is 2. The Bertz CT molecular complexity index is 1000. The van der Waals surface area contributed by atoms with E-state index in [9.17, 15) is 0 Å². The van der Waals surface area contributed by atoms with Gasteiger partial charge in [-0.1, -0.05) is 104 Å². The molecule has 0 spiro atoms. The van der Waals surface area contributed by atoms with Crippen LogP contribution >= 0.6 is 0 Å². The van der Waals surface area contributed by atoms with Crippen molar-refractivity contribution in [3.63, 3.8) is 0 Å². The fraction of sp³-hybridized carbons (Fsp3) is 0.321. The van der Waals surface area contributed by atoms with Crippen molar-refractivity contribution in [2.75, 3.05) is 6.54 Å². The van der Waals surface area contributed by atoms with Crippen LogP contribution < -0.4 is 0 Å². The Kier molecular flexibility index (Phi) is 4.26. The summed E-state index contributed by atoms with van der Waals surface area (Å²) in [7, 11) is 0. The van der Waals surface area contributed by atoms with E-state index in [1.165, 1.54) is 48.2 Å². The second-order valence-corrected chi connectivity index (χ2v) is 9.10. The van der Waals surface area contributed by atoms with Gasteiger partial charge in [-0.05, 0) is 29.9 Å². The summed E-state index contributed by atoms with van der Waals surface area (Å²) in [4.78, 5) is 8.00. The normalized spacial score (nSPS) is 26.7. The summed E-state index contributed by atoms with van der Waals surface area (Å²) in [5.74, 6) is 1.80. The van der Waals surface area contributed by atoms with Crippen LogP contribution in [-0.2, 0) is 5.41 Å². The maximum absolute atomic E-state index is 5.32. The van der Waals surface area contributed by atoms with E-state index in [2.05, 4.69) is 95.9 Å². The fourth-order valence-electron chi connectivity index (χ4n) is 6.45. The summed E-state index contributed by atoms with van der Waals surface area (Å²) in [6.45, 7) is 1.01. The van der Waals surface area contributed by atoms with Crippen LogP contribution in [0.15, 0.2) is 96.0 Å². The van der Waals surface area contributed by atoms with Crippen LogP contribution in [0.2, 0.25) is 0 Å². The van der Waals surface area contributed by atoms with Crippen LogP contribution in [0.25, 0.3) is 0 Å². The Morgan fingerprint density at radius 2 is 1.27 bits per heavy atom. The Hall–Kier alpha value is -2.87. The van der Waals surface area contributed by atoms with E-state index >= 15 is 0 Å². The molecule has 2 fully saturated rings. The second-order valence-electron chi connectivity index (χ2n) is 9.10. The molecule has 2 nitrogen and oxygen atoms in total. The second kappa shape index (κ2) is 7.12. The molecule has 1 saturated carbocycles. The van der Waals surface area contributed by atoms with Gasteiger partial charge in [-0.3, -0.25) is 4.99 Å². The van der Waals surface area contributed by atoms with Gasteiger partial charge in [0.15, 0.2) is 0 Å².